The fourth-order valence-electron chi connectivity index (χ4n) is 0.539. The van der Waals surface area contributed by atoms with Gasteiger partial charge in [-0.15, -0.1) is 0 Å². The lowest BCUT2D eigenvalue weighted by Gasteiger charge is -1.93. The molecular weight excluding hydrogens is 132 g/mol. The van der Waals surface area contributed by atoms with Gasteiger partial charge in [-0.1, -0.05) is 0 Å². The molecule has 0 amide bonds. The first-order valence-electron chi connectivity index (χ1n) is 3.16. The van der Waals surface area contributed by atoms with Gasteiger partial charge in [0, 0.05) is 0 Å². The first-order valence-corrected chi connectivity index (χ1v) is 3.16. The quantitative estimate of drug-likeness (QED) is 0.312. The number of rotatable bonds is 6. The van der Waals surface area contributed by atoms with E-state index in [9.17, 15) is 9.59 Å². The fourth-order valence-corrected chi connectivity index (χ4v) is 0.539. The van der Waals surface area contributed by atoms with Gasteiger partial charge in [-0.25, -0.2) is 4.79 Å². The minimum absolute atomic E-state index is 0.426. The Labute approximate surface area is 59.7 Å². The molecule has 0 saturated heterocycles. The van der Waals surface area contributed by atoms with E-state index in [2.05, 4.69) is 4.74 Å². The number of ether oxygens (including phenoxy) is 1. The Balaban J connectivity index is 2.90. The molecule has 0 spiro atoms. The van der Waals surface area contributed by atoms with Crippen LogP contribution in [0.2, 0.25) is 0 Å². The first kappa shape index (κ1) is 8.92. The Morgan fingerprint density at radius 2 is 2.20 bits per heavy atom. The molecule has 0 fully saturated rings. The Morgan fingerprint density at radius 1 is 1.40 bits per heavy atom. The number of unbranched alkanes of at least 4 members (excludes halogenated alkanes) is 2. The largest absolute Gasteiger partial charge is 0.468 e. The van der Waals surface area contributed by atoms with Crippen LogP contribution in [-0.4, -0.2) is 19.0 Å². The van der Waals surface area contributed by atoms with Gasteiger partial charge in [0.05, 0.1) is 6.61 Å². The van der Waals surface area contributed by atoms with Crippen molar-refractivity contribution >= 4 is 12.4 Å². The molecule has 0 aromatic heterocycles. The molecule has 0 aromatic carbocycles. The van der Waals surface area contributed by atoms with Gasteiger partial charge in [0.1, 0.15) is 5.94 Å². The zero-order chi connectivity index (χ0) is 7.66. The predicted molar refractivity (Wildman–Crippen MR) is 36.1 cm³/mol. The van der Waals surface area contributed by atoms with E-state index in [0.29, 0.717) is 19.5 Å². The predicted octanol–water partition coefficient (Wildman–Crippen LogP) is 0.718. The minimum Gasteiger partial charge on any atom is -0.468 e. The summed E-state index contributed by atoms with van der Waals surface area (Å²) >= 11 is 0. The summed E-state index contributed by atoms with van der Waals surface area (Å²) in [7, 11) is 0. The summed E-state index contributed by atoms with van der Waals surface area (Å²) in [4.78, 5) is 19.2. The number of hydrogen-bond donors (Lipinski definition) is 0. The van der Waals surface area contributed by atoms with Crippen LogP contribution in [0.25, 0.3) is 0 Å². The van der Waals surface area contributed by atoms with Crippen molar-refractivity contribution in [3.05, 3.63) is 6.08 Å². The summed E-state index contributed by atoms with van der Waals surface area (Å²) in [6.45, 7) is 0.867. The SMILES string of the molecule is O=C=CCCCCOC=O. The van der Waals surface area contributed by atoms with Gasteiger partial charge < -0.3 is 4.74 Å². The van der Waals surface area contributed by atoms with Gasteiger partial charge >= 0.3 is 0 Å². The van der Waals surface area contributed by atoms with Crippen LogP contribution in [0.1, 0.15) is 19.3 Å². The standard InChI is InChI=1S/C7H10O3/c8-5-3-1-2-4-6-10-7-9/h3,7H,1-2,4,6H2. The topological polar surface area (TPSA) is 43.4 Å². The molecule has 0 aliphatic heterocycles. The Bertz CT molecular complexity index is 125. The van der Waals surface area contributed by atoms with Crippen molar-refractivity contribution in [3.63, 3.8) is 0 Å². The first-order chi connectivity index (χ1) is 4.91. The summed E-state index contributed by atoms with van der Waals surface area (Å²) in [6.07, 6.45) is 3.81. The highest BCUT2D eigenvalue weighted by molar-refractivity contribution is 5.44. The van der Waals surface area contributed by atoms with Gasteiger partial charge in [0.2, 0.25) is 0 Å². The van der Waals surface area contributed by atoms with Gasteiger partial charge in [-0.2, -0.15) is 0 Å². The molecule has 0 bridgehead atoms. The second-order valence-corrected chi connectivity index (χ2v) is 1.78. The lowest BCUT2D eigenvalue weighted by Crippen LogP contribution is -1.90. The maximum Gasteiger partial charge on any atom is 0.293 e. The van der Waals surface area contributed by atoms with Crippen LogP contribution in [0.5, 0.6) is 0 Å². The molecule has 56 valence electrons. The van der Waals surface area contributed by atoms with Gasteiger partial charge in [0.25, 0.3) is 6.47 Å². The van der Waals surface area contributed by atoms with Gasteiger partial charge in [-0.3, -0.25) is 4.79 Å². The van der Waals surface area contributed by atoms with E-state index in [0.717, 1.165) is 12.8 Å². The molecule has 0 unspecified atom stereocenters. The molecule has 0 aliphatic carbocycles. The second kappa shape index (κ2) is 7.92. The van der Waals surface area contributed by atoms with E-state index in [4.69, 9.17) is 0 Å². The number of allylic oxidation sites excluding steroid dienone is 1. The number of hydrogen-bond acceptors (Lipinski definition) is 3. The summed E-state index contributed by atoms with van der Waals surface area (Å²) in [5.74, 6) is 1.67. The van der Waals surface area contributed by atoms with Crippen molar-refractivity contribution in [2.75, 3.05) is 6.61 Å². The number of carbonyl (C=O) groups excluding carboxylic acids is 2. The molecule has 0 aliphatic rings. The molecule has 0 N–H and O–H groups in total. The molecule has 0 rings (SSSR count). The third-order valence-electron chi connectivity index (χ3n) is 1.01. The molecule has 3 nitrogen and oxygen atoms in total. The number of carbonyl (C=O) groups is 1. The third kappa shape index (κ3) is 6.92. The molecule has 0 radical (unpaired) electrons. The maximum atomic E-state index is 9.63. The van der Waals surface area contributed by atoms with Crippen LogP contribution < -0.4 is 0 Å². The molecule has 3 heteroatoms. The van der Waals surface area contributed by atoms with E-state index in [1.54, 1.807) is 5.94 Å². The Hall–Kier alpha value is -1.08. The van der Waals surface area contributed by atoms with Crippen molar-refractivity contribution < 1.29 is 14.3 Å². The van der Waals surface area contributed by atoms with Crippen molar-refractivity contribution in [2.24, 2.45) is 0 Å². The molecule has 0 aromatic rings. The third-order valence-corrected chi connectivity index (χ3v) is 1.01. The zero-order valence-electron chi connectivity index (χ0n) is 5.71. The monoisotopic (exact) mass is 142 g/mol. The van der Waals surface area contributed by atoms with Gasteiger partial charge in [-0.05, 0) is 25.3 Å². The zero-order valence-corrected chi connectivity index (χ0v) is 5.71. The second-order valence-electron chi connectivity index (χ2n) is 1.78. The van der Waals surface area contributed by atoms with Crippen LogP contribution in [-0.2, 0) is 14.3 Å². The fraction of sp³-hybridized carbons (Fsp3) is 0.571. The van der Waals surface area contributed by atoms with Crippen molar-refractivity contribution in [2.45, 2.75) is 19.3 Å². The van der Waals surface area contributed by atoms with Crippen LogP contribution in [0, 0.1) is 0 Å². The molecule has 10 heavy (non-hydrogen) atoms. The molecular formula is C7H10O3. The van der Waals surface area contributed by atoms with E-state index in [1.807, 2.05) is 0 Å². The normalized spacial score (nSPS) is 8.00. The Kier molecular flexibility index (Phi) is 7.06. The molecule has 0 atom stereocenters. The van der Waals surface area contributed by atoms with Crippen molar-refractivity contribution in [1.82, 2.24) is 0 Å². The highest BCUT2D eigenvalue weighted by Crippen LogP contribution is 1.94. The van der Waals surface area contributed by atoms with E-state index in [1.165, 1.54) is 6.08 Å². The highest BCUT2D eigenvalue weighted by atomic mass is 16.5. The summed E-state index contributed by atoms with van der Waals surface area (Å²) in [6, 6.07) is 0. The van der Waals surface area contributed by atoms with Crippen LogP contribution in [0.4, 0.5) is 0 Å². The van der Waals surface area contributed by atoms with Crippen LogP contribution in [0.15, 0.2) is 6.08 Å². The van der Waals surface area contributed by atoms with Crippen molar-refractivity contribution in [3.8, 4) is 0 Å². The maximum absolute atomic E-state index is 9.63. The van der Waals surface area contributed by atoms with E-state index in [-0.39, 0.29) is 0 Å². The average Bonchev–Trinajstić information content (AvgIpc) is 1.97. The molecule has 0 saturated carbocycles. The van der Waals surface area contributed by atoms with Gasteiger partial charge in [0.15, 0.2) is 0 Å². The minimum atomic E-state index is 0.426. The summed E-state index contributed by atoms with van der Waals surface area (Å²) in [5.41, 5.74) is 0. The lowest BCUT2D eigenvalue weighted by atomic mass is 10.2. The van der Waals surface area contributed by atoms with E-state index >= 15 is 0 Å². The summed E-state index contributed by atoms with van der Waals surface area (Å²) in [5, 5.41) is 0. The average molecular weight is 142 g/mol. The Morgan fingerprint density at radius 3 is 2.80 bits per heavy atom. The van der Waals surface area contributed by atoms with Crippen LogP contribution >= 0.6 is 0 Å². The van der Waals surface area contributed by atoms with E-state index < -0.39 is 0 Å². The highest BCUT2D eigenvalue weighted by Gasteiger charge is 1.84. The summed E-state index contributed by atoms with van der Waals surface area (Å²) < 4.78 is 4.42. The molecule has 0 heterocycles. The smallest absolute Gasteiger partial charge is 0.293 e. The van der Waals surface area contributed by atoms with Crippen LogP contribution in [0.3, 0.4) is 0 Å². The lowest BCUT2D eigenvalue weighted by molar-refractivity contribution is -0.128. The van der Waals surface area contributed by atoms with Crippen molar-refractivity contribution in [1.29, 1.82) is 0 Å².